The molecule has 0 radical (unpaired) electrons. The van der Waals surface area contributed by atoms with Crippen molar-refractivity contribution in [2.75, 3.05) is 6.61 Å². The standard InChI is InChI=1S/C62H115NO5/c1-4-7-10-13-16-19-22-25-28-30-33-35-38-41-44-47-50-53-58(68-62(67)55-52-49-46-43-40-37-32-27-24-21-18-15-12-9-6-3)56-61(66)63-59(57-64)60(65)54-51-48-45-42-39-36-34-31-29-26-23-20-17-14-11-8-5-2/h9,12,15,18,21,24,27,32,58-60,64-65H,4-8,10-11,13-14,16-17,19-20,22-23,25-26,28-31,33-57H2,1-3H3,(H,63,66)/b12-9+,18-15+,24-21+,32-27-. The molecule has 6 nitrogen and oxygen atoms in total. The molecule has 1 amide bonds. The number of hydrogen-bond acceptors (Lipinski definition) is 5. The largest absolute Gasteiger partial charge is 0.462 e. The molecule has 0 rings (SSSR count). The number of esters is 1. The van der Waals surface area contributed by atoms with E-state index in [1.54, 1.807) is 0 Å². The number of nitrogens with one attached hydrogen (secondary N) is 1. The number of amides is 1. The fourth-order valence-electron chi connectivity index (χ4n) is 9.27. The van der Waals surface area contributed by atoms with Crippen molar-refractivity contribution in [3.63, 3.8) is 0 Å². The Balaban J connectivity index is 4.54. The predicted molar refractivity (Wildman–Crippen MR) is 296 cm³/mol. The number of allylic oxidation sites excluding steroid dienone is 8. The number of carbonyl (C=O) groups is 2. The van der Waals surface area contributed by atoms with E-state index < -0.39 is 18.2 Å². The first-order chi connectivity index (χ1) is 33.5. The topological polar surface area (TPSA) is 95.9 Å². The van der Waals surface area contributed by atoms with Gasteiger partial charge in [0.15, 0.2) is 0 Å². The first kappa shape index (κ1) is 65.8. The summed E-state index contributed by atoms with van der Waals surface area (Å²) in [7, 11) is 0. The highest BCUT2D eigenvalue weighted by atomic mass is 16.5. The second-order valence-corrected chi connectivity index (χ2v) is 20.5. The van der Waals surface area contributed by atoms with Gasteiger partial charge in [0, 0.05) is 6.42 Å². The third kappa shape index (κ3) is 50.2. The second kappa shape index (κ2) is 55.7. The van der Waals surface area contributed by atoms with Gasteiger partial charge >= 0.3 is 5.97 Å². The van der Waals surface area contributed by atoms with Crippen LogP contribution in [0, 0.1) is 0 Å². The van der Waals surface area contributed by atoms with E-state index in [0.717, 1.165) is 70.6 Å². The lowest BCUT2D eigenvalue weighted by Crippen LogP contribution is -2.46. The number of hydrogen-bond donors (Lipinski definition) is 3. The Morgan fingerprint density at radius 3 is 1.21 bits per heavy atom. The van der Waals surface area contributed by atoms with E-state index in [0.29, 0.717) is 19.3 Å². The zero-order valence-electron chi connectivity index (χ0n) is 45.5. The van der Waals surface area contributed by atoms with Crippen LogP contribution in [0.25, 0.3) is 0 Å². The fraction of sp³-hybridized carbons (Fsp3) is 0.839. The molecule has 0 bridgehead atoms. The van der Waals surface area contributed by atoms with Crippen LogP contribution in [0.5, 0.6) is 0 Å². The van der Waals surface area contributed by atoms with Crippen molar-refractivity contribution in [2.45, 2.75) is 328 Å². The van der Waals surface area contributed by atoms with Gasteiger partial charge in [0.1, 0.15) is 6.10 Å². The quantitative estimate of drug-likeness (QED) is 0.0321. The Morgan fingerprint density at radius 2 is 0.794 bits per heavy atom. The Morgan fingerprint density at radius 1 is 0.441 bits per heavy atom. The van der Waals surface area contributed by atoms with E-state index >= 15 is 0 Å². The van der Waals surface area contributed by atoms with Crippen LogP contribution in [-0.4, -0.2) is 46.9 Å². The molecule has 0 aliphatic heterocycles. The van der Waals surface area contributed by atoms with Crippen LogP contribution >= 0.6 is 0 Å². The number of aliphatic hydroxyl groups is 2. The highest BCUT2D eigenvalue weighted by Gasteiger charge is 2.24. The molecule has 0 saturated carbocycles. The third-order valence-corrected chi connectivity index (χ3v) is 13.8. The minimum Gasteiger partial charge on any atom is -0.462 e. The molecule has 3 unspecified atom stereocenters. The van der Waals surface area contributed by atoms with E-state index in [1.807, 2.05) is 18.2 Å². The SMILES string of the molecule is CC/C=C/C=C/C=C/C=C\CCCCCCCC(=O)OC(CCCCCCCCCCCCCCCCCCC)CC(=O)NC(CO)C(O)CCCCCCCCCCCCCCCCCCC. The fourth-order valence-corrected chi connectivity index (χ4v) is 9.27. The van der Waals surface area contributed by atoms with Crippen LogP contribution in [0.1, 0.15) is 310 Å². The van der Waals surface area contributed by atoms with Gasteiger partial charge in [-0.25, -0.2) is 0 Å². The summed E-state index contributed by atoms with van der Waals surface area (Å²) in [5.74, 6) is -0.485. The minimum atomic E-state index is -0.792. The Hall–Kier alpha value is -2.18. The van der Waals surface area contributed by atoms with Crippen LogP contribution in [-0.2, 0) is 14.3 Å². The first-order valence-corrected chi connectivity index (χ1v) is 29.9. The molecule has 0 heterocycles. The van der Waals surface area contributed by atoms with Crippen LogP contribution in [0.4, 0.5) is 0 Å². The first-order valence-electron chi connectivity index (χ1n) is 29.9. The number of carbonyl (C=O) groups excluding carboxylic acids is 2. The van der Waals surface area contributed by atoms with Crippen LogP contribution in [0.2, 0.25) is 0 Å². The molecule has 0 fully saturated rings. The second-order valence-electron chi connectivity index (χ2n) is 20.5. The molecule has 0 aromatic heterocycles. The number of unbranched alkanes of at least 4 members (excludes halogenated alkanes) is 37. The average molecular weight is 955 g/mol. The lowest BCUT2D eigenvalue weighted by atomic mass is 10.0. The van der Waals surface area contributed by atoms with Gasteiger partial charge in [-0.1, -0.05) is 301 Å². The van der Waals surface area contributed by atoms with Gasteiger partial charge in [-0.15, -0.1) is 0 Å². The number of rotatable bonds is 54. The smallest absolute Gasteiger partial charge is 0.306 e. The number of ether oxygens (including phenoxy) is 1. The highest BCUT2D eigenvalue weighted by Crippen LogP contribution is 2.19. The molecule has 0 aromatic carbocycles. The van der Waals surface area contributed by atoms with Crippen molar-refractivity contribution >= 4 is 11.9 Å². The summed E-state index contributed by atoms with van der Waals surface area (Å²) >= 11 is 0. The maximum absolute atomic E-state index is 13.3. The molecular weight excluding hydrogens is 839 g/mol. The van der Waals surface area contributed by atoms with Gasteiger partial charge < -0.3 is 20.3 Å². The van der Waals surface area contributed by atoms with Crippen molar-refractivity contribution in [2.24, 2.45) is 0 Å². The maximum Gasteiger partial charge on any atom is 0.306 e. The van der Waals surface area contributed by atoms with E-state index in [9.17, 15) is 19.8 Å². The van der Waals surface area contributed by atoms with Crippen molar-refractivity contribution in [3.05, 3.63) is 48.6 Å². The van der Waals surface area contributed by atoms with E-state index in [4.69, 9.17) is 4.74 Å². The zero-order chi connectivity index (χ0) is 49.5. The predicted octanol–water partition coefficient (Wildman–Crippen LogP) is 18.6. The lowest BCUT2D eigenvalue weighted by Gasteiger charge is -2.24. The van der Waals surface area contributed by atoms with Gasteiger partial charge in [-0.05, 0) is 44.9 Å². The van der Waals surface area contributed by atoms with Gasteiger partial charge in [-0.2, -0.15) is 0 Å². The third-order valence-electron chi connectivity index (χ3n) is 13.8. The van der Waals surface area contributed by atoms with Crippen molar-refractivity contribution in [3.8, 4) is 0 Å². The summed E-state index contributed by atoms with van der Waals surface area (Å²) < 4.78 is 5.96. The molecule has 0 aromatic rings. The lowest BCUT2D eigenvalue weighted by molar-refractivity contribution is -0.151. The number of aliphatic hydroxyl groups excluding tert-OH is 2. The minimum absolute atomic E-state index is 0.0713. The molecule has 398 valence electrons. The van der Waals surface area contributed by atoms with Crippen molar-refractivity contribution in [1.82, 2.24) is 5.32 Å². The summed E-state index contributed by atoms with van der Waals surface area (Å²) in [6, 6.07) is -0.706. The average Bonchev–Trinajstić information content (AvgIpc) is 3.33. The van der Waals surface area contributed by atoms with Crippen LogP contribution < -0.4 is 5.32 Å². The van der Waals surface area contributed by atoms with Gasteiger partial charge in [0.2, 0.25) is 5.91 Å². The monoisotopic (exact) mass is 954 g/mol. The summed E-state index contributed by atoms with van der Waals surface area (Å²) in [4.78, 5) is 26.3. The Bertz CT molecular complexity index is 1160. The molecule has 6 heteroatoms. The summed E-state index contributed by atoms with van der Waals surface area (Å²) in [5, 5.41) is 23.9. The van der Waals surface area contributed by atoms with Crippen molar-refractivity contribution in [1.29, 1.82) is 0 Å². The van der Waals surface area contributed by atoms with Gasteiger partial charge in [0.05, 0.1) is 25.2 Å². The normalized spacial score (nSPS) is 13.4. The van der Waals surface area contributed by atoms with Crippen LogP contribution in [0.15, 0.2) is 48.6 Å². The molecular formula is C62H115NO5. The van der Waals surface area contributed by atoms with Crippen LogP contribution in [0.3, 0.4) is 0 Å². The summed E-state index contributed by atoms with van der Waals surface area (Å²) in [6.07, 6.45) is 68.9. The van der Waals surface area contributed by atoms with E-state index in [-0.39, 0.29) is 24.9 Å². The van der Waals surface area contributed by atoms with Crippen molar-refractivity contribution < 1.29 is 24.5 Å². The highest BCUT2D eigenvalue weighted by molar-refractivity contribution is 5.77. The van der Waals surface area contributed by atoms with E-state index in [1.165, 1.54) is 193 Å². The molecule has 3 N–H and O–H groups in total. The molecule has 3 atom stereocenters. The Labute approximate surface area is 423 Å². The zero-order valence-corrected chi connectivity index (χ0v) is 45.5. The molecule has 0 aliphatic rings. The Kier molecular flexibility index (Phi) is 54.0. The maximum atomic E-state index is 13.3. The molecule has 0 saturated heterocycles. The molecule has 0 aliphatic carbocycles. The van der Waals surface area contributed by atoms with E-state index in [2.05, 4.69) is 56.5 Å². The van der Waals surface area contributed by atoms with Gasteiger partial charge in [-0.3, -0.25) is 9.59 Å². The van der Waals surface area contributed by atoms with Gasteiger partial charge in [0.25, 0.3) is 0 Å². The summed E-state index contributed by atoms with van der Waals surface area (Å²) in [5.41, 5.74) is 0. The molecule has 68 heavy (non-hydrogen) atoms. The summed E-state index contributed by atoms with van der Waals surface area (Å²) in [6.45, 7) is 6.39. The molecule has 0 spiro atoms.